The van der Waals surface area contributed by atoms with Crippen LogP contribution >= 0.6 is 0 Å². The number of likely N-dealkylation sites (tertiary alicyclic amines) is 1. The third-order valence-corrected chi connectivity index (χ3v) is 2.97. The van der Waals surface area contributed by atoms with Crippen LogP contribution in [0.2, 0.25) is 0 Å². The van der Waals surface area contributed by atoms with Crippen LogP contribution in [0.25, 0.3) is 0 Å². The molecular weight excluding hydrogens is 234 g/mol. The zero-order chi connectivity index (χ0) is 13.0. The largest absolute Gasteiger partial charge is 0.445 e. The first kappa shape index (κ1) is 12.6. The minimum atomic E-state index is -0.785. The second-order valence-electron chi connectivity index (χ2n) is 4.31. The molecule has 5 heteroatoms. The fourth-order valence-corrected chi connectivity index (χ4v) is 1.91. The van der Waals surface area contributed by atoms with Crippen LogP contribution < -0.4 is 0 Å². The molecule has 0 spiro atoms. The maximum absolute atomic E-state index is 11.7. The van der Waals surface area contributed by atoms with Gasteiger partial charge < -0.3 is 19.5 Å². The Morgan fingerprint density at radius 3 is 2.72 bits per heavy atom. The summed E-state index contributed by atoms with van der Waals surface area (Å²) in [4.78, 5) is 23.7. The van der Waals surface area contributed by atoms with Crippen LogP contribution in [0.4, 0.5) is 4.79 Å². The van der Waals surface area contributed by atoms with Gasteiger partial charge in [0.15, 0.2) is 0 Å². The van der Waals surface area contributed by atoms with Crippen LogP contribution in [0.1, 0.15) is 5.56 Å². The number of carbonyl (C=O) groups is 2. The fourth-order valence-electron chi connectivity index (χ4n) is 1.91. The summed E-state index contributed by atoms with van der Waals surface area (Å²) in [5, 5.41) is 9.51. The van der Waals surface area contributed by atoms with Crippen molar-refractivity contribution < 1.29 is 19.4 Å². The highest BCUT2D eigenvalue weighted by atomic mass is 16.6. The third-order valence-electron chi connectivity index (χ3n) is 2.97. The Balaban J connectivity index is 1.84. The molecule has 1 aromatic rings. The monoisotopic (exact) mass is 249 g/mol. The van der Waals surface area contributed by atoms with Gasteiger partial charge in [-0.1, -0.05) is 30.3 Å². The van der Waals surface area contributed by atoms with E-state index in [0.717, 1.165) is 5.56 Å². The van der Waals surface area contributed by atoms with Gasteiger partial charge in [0.1, 0.15) is 12.9 Å². The predicted molar refractivity (Wildman–Crippen MR) is 63.8 cm³/mol. The maximum atomic E-state index is 11.7. The highest BCUT2D eigenvalue weighted by Crippen LogP contribution is 2.16. The van der Waals surface area contributed by atoms with E-state index in [1.807, 2.05) is 30.3 Å². The molecule has 1 saturated heterocycles. The molecule has 96 valence electrons. The number of hydrogen-bond acceptors (Lipinski definition) is 4. The summed E-state index contributed by atoms with van der Waals surface area (Å²) in [6, 6.07) is 9.34. The number of hydrogen-bond donors (Lipinski definition) is 1. The highest BCUT2D eigenvalue weighted by Gasteiger charge is 2.34. The highest BCUT2D eigenvalue weighted by molar-refractivity contribution is 5.69. The number of ether oxygens (including phenoxy) is 1. The van der Waals surface area contributed by atoms with E-state index in [0.29, 0.717) is 6.29 Å². The molecular formula is C13H15NO4. The van der Waals surface area contributed by atoms with Crippen LogP contribution in [0.3, 0.4) is 0 Å². The summed E-state index contributed by atoms with van der Waals surface area (Å²) in [6.45, 7) is 0.563. The number of β-amino-alcohol motifs (C(OH)–C–C–N with tert-alkyl or cyclic N) is 1. The van der Waals surface area contributed by atoms with Gasteiger partial charge in [-0.2, -0.15) is 0 Å². The fraction of sp³-hybridized carbons (Fsp3) is 0.385. The quantitative estimate of drug-likeness (QED) is 0.805. The van der Waals surface area contributed by atoms with Gasteiger partial charge in [0.25, 0.3) is 0 Å². The average Bonchev–Trinajstić information content (AvgIpc) is 2.78. The molecule has 2 atom stereocenters. The second-order valence-corrected chi connectivity index (χ2v) is 4.31. The van der Waals surface area contributed by atoms with Crippen molar-refractivity contribution in [2.45, 2.75) is 12.7 Å². The number of aldehydes is 1. The van der Waals surface area contributed by atoms with E-state index in [9.17, 15) is 14.7 Å². The van der Waals surface area contributed by atoms with Crippen molar-refractivity contribution in [3.05, 3.63) is 35.9 Å². The molecule has 0 aromatic heterocycles. The van der Waals surface area contributed by atoms with Crippen molar-refractivity contribution in [2.24, 2.45) is 5.92 Å². The number of rotatable bonds is 3. The van der Waals surface area contributed by atoms with Gasteiger partial charge in [0, 0.05) is 6.54 Å². The zero-order valence-electron chi connectivity index (χ0n) is 9.86. The van der Waals surface area contributed by atoms with E-state index in [2.05, 4.69) is 0 Å². The van der Waals surface area contributed by atoms with E-state index in [4.69, 9.17) is 4.74 Å². The van der Waals surface area contributed by atoms with E-state index < -0.39 is 18.1 Å². The molecule has 0 bridgehead atoms. The van der Waals surface area contributed by atoms with Crippen LogP contribution in [-0.4, -0.2) is 41.6 Å². The summed E-state index contributed by atoms with van der Waals surface area (Å²) in [5.41, 5.74) is 0.900. The van der Waals surface area contributed by atoms with Crippen LogP contribution in [0.15, 0.2) is 30.3 Å². The van der Waals surface area contributed by atoms with Crippen molar-refractivity contribution in [1.29, 1.82) is 0 Å². The standard InChI is InChI=1S/C13H15NO4/c15-8-11-6-14(7-12(11)16)13(17)18-9-10-4-2-1-3-5-10/h1-5,8,11-12,16H,6-7,9H2/t11-,12+/m1/s1. The number of aliphatic hydroxyl groups is 1. The Hall–Kier alpha value is -1.88. The lowest BCUT2D eigenvalue weighted by molar-refractivity contribution is -0.112. The smallest absolute Gasteiger partial charge is 0.410 e. The molecule has 0 unspecified atom stereocenters. The van der Waals surface area contributed by atoms with Crippen LogP contribution in [0.5, 0.6) is 0 Å². The van der Waals surface area contributed by atoms with Crippen molar-refractivity contribution in [1.82, 2.24) is 4.90 Å². The number of aliphatic hydroxyl groups excluding tert-OH is 1. The van der Waals surface area contributed by atoms with Crippen molar-refractivity contribution >= 4 is 12.4 Å². The van der Waals surface area contributed by atoms with Gasteiger partial charge >= 0.3 is 6.09 Å². The summed E-state index contributed by atoms with van der Waals surface area (Å²) in [6.07, 6.45) is -0.608. The van der Waals surface area contributed by atoms with E-state index >= 15 is 0 Å². The minimum absolute atomic E-state index is 0.150. The van der Waals surface area contributed by atoms with Gasteiger partial charge in [-0.15, -0.1) is 0 Å². The maximum Gasteiger partial charge on any atom is 0.410 e. The first-order valence-corrected chi connectivity index (χ1v) is 5.79. The van der Waals surface area contributed by atoms with Crippen LogP contribution in [-0.2, 0) is 16.1 Å². The lowest BCUT2D eigenvalue weighted by Gasteiger charge is -2.15. The minimum Gasteiger partial charge on any atom is -0.445 e. The summed E-state index contributed by atoms with van der Waals surface area (Å²) >= 11 is 0. The Bertz CT molecular complexity index is 420. The zero-order valence-corrected chi connectivity index (χ0v) is 9.86. The molecule has 0 radical (unpaired) electrons. The molecule has 1 aromatic carbocycles. The summed E-state index contributed by atoms with van der Waals surface area (Å²) in [7, 11) is 0. The molecule has 1 fully saturated rings. The molecule has 1 aliphatic heterocycles. The van der Waals surface area contributed by atoms with E-state index in [1.165, 1.54) is 4.90 Å². The molecule has 1 amide bonds. The average molecular weight is 249 g/mol. The van der Waals surface area contributed by atoms with E-state index in [1.54, 1.807) is 0 Å². The number of amides is 1. The number of nitrogens with zero attached hydrogens (tertiary/aromatic N) is 1. The van der Waals surface area contributed by atoms with E-state index in [-0.39, 0.29) is 19.7 Å². The van der Waals surface area contributed by atoms with Gasteiger partial charge in [-0.05, 0) is 5.56 Å². The third kappa shape index (κ3) is 2.87. The first-order chi connectivity index (χ1) is 8.70. The Morgan fingerprint density at radius 1 is 1.39 bits per heavy atom. The normalized spacial score (nSPS) is 22.8. The summed E-state index contributed by atoms with van der Waals surface area (Å²) in [5.74, 6) is -0.505. The SMILES string of the molecule is O=C[C@H]1CN(C(=O)OCc2ccccc2)C[C@@H]1O. The predicted octanol–water partition coefficient (Wildman–Crippen LogP) is 0.815. The number of carbonyl (C=O) groups excluding carboxylic acids is 2. The molecule has 1 aliphatic rings. The molecule has 1 heterocycles. The lowest BCUT2D eigenvalue weighted by atomic mass is 10.1. The molecule has 0 aliphatic carbocycles. The first-order valence-electron chi connectivity index (χ1n) is 5.79. The second kappa shape index (κ2) is 5.64. The van der Waals surface area contributed by atoms with Gasteiger partial charge in [-0.25, -0.2) is 4.79 Å². The topological polar surface area (TPSA) is 66.8 Å². The summed E-state index contributed by atoms with van der Waals surface area (Å²) < 4.78 is 5.11. The molecule has 0 saturated carbocycles. The Kier molecular flexibility index (Phi) is 3.94. The Morgan fingerprint density at radius 2 is 2.11 bits per heavy atom. The van der Waals surface area contributed by atoms with Gasteiger partial charge in [-0.3, -0.25) is 0 Å². The molecule has 1 N–H and O–H groups in total. The van der Waals surface area contributed by atoms with Gasteiger partial charge in [0.2, 0.25) is 0 Å². The molecule has 2 rings (SSSR count). The molecule has 18 heavy (non-hydrogen) atoms. The van der Waals surface area contributed by atoms with Crippen LogP contribution in [0, 0.1) is 5.92 Å². The number of benzene rings is 1. The van der Waals surface area contributed by atoms with Crippen molar-refractivity contribution in [2.75, 3.05) is 13.1 Å². The lowest BCUT2D eigenvalue weighted by Crippen LogP contribution is -2.30. The molecule has 5 nitrogen and oxygen atoms in total. The van der Waals surface area contributed by atoms with Gasteiger partial charge in [0.05, 0.1) is 18.6 Å². The van der Waals surface area contributed by atoms with Crippen molar-refractivity contribution in [3.63, 3.8) is 0 Å². The Labute approximate surface area is 105 Å². The van der Waals surface area contributed by atoms with Crippen molar-refractivity contribution in [3.8, 4) is 0 Å².